The minimum Gasteiger partial charge on any atom is -0.872 e. The average Bonchev–Trinajstić information content (AvgIpc) is 3.11. The smallest absolute Gasteiger partial charge is 0.295 e. The minimum atomic E-state index is -0.812. The molecule has 2 aromatic carbocycles. The van der Waals surface area contributed by atoms with E-state index < -0.39 is 23.5 Å². The second-order valence-corrected chi connectivity index (χ2v) is 8.48. The zero-order valence-electron chi connectivity index (χ0n) is 19.5. The Bertz CT molecular complexity index is 1090. The molecule has 0 saturated carbocycles. The second kappa shape index (κ2) is 10.2. The van der Waals surface area contributed by atoms with Crippen molar-refractivity contribution in [3.8, 4) is 17.2 Å². The first-order valence-electron chi connectivity index (χ1n) is 11.7. The number of benzene rings is 2. The van der Waals surface area contributed by atoms with Crippen LogP contribution < -0.4 is 19.5 Å². The molecular weight excluding hydrogens is 436 g/mol. The summed E-state index contributed by atoms with van der Waals surface area (Å²) in [4.78, 5) is 29.1. The van der Waals surface area contributed by atoms with E-state index in [0.717, 1.165) is 19.6 Å². The number of phenolic OH excluding ortho intramolecular Hbond substituents is 1. The molecule has 2 aliphatic heterocycles. The zero-order valence-corrected chi connectivity index (χ0v) is 19.5. The van der Waals surface area contributed by atoms with E-state index in [-0.39, 0.29) is 16.9 Å². The topological polar surface area (TPSA) is 104 Å². The van der Waals surface area contributed by atoms with Gasteiger partial charge < -0.3 is 29.5 Å². The molecule has 0 aliphatic carbocycles. The molecule has 0 bridgehead atoms. The molecule has 1 unspecified atom stereocenters. The number of quaternary nitrogens is 1. The van der Waals surface area contributed by atoms with Crippen molar-refractivity contribution < 1.29 is 34.2 Å². The van der Waals surface area contributed by atoms with Gasteiger partial charge in [0.15, 0.2) is 11.5 Å². The van der Waals surface area contributed by atoms with Crippen LogP contribution >= 0.6 is 0 Å². The highest BCUT2D eigenvalue weighted by Gasteiger charge is 2.44. The molecule has 2 N–H and O–H groups in total. The van der Waals surface area contributed by atoms with Crippen LogP contribution in [0.4, 0.5) is 0 Å². The maximum atomic E-state index is 13.6. The number of amides is 1. The molecule has 8 nitrogen and oxygen atoms in total. The quantitative estimate of drug-likeness (QED) is 0.337. The minimum absolute atomic E-state index is 0.0656. The normalized spacial score (nSPS) is 19.1. The van der Waals surface area contributed by atoms with Crippen LogP contribution in [0.5, 0.6) is 17.2 Å². The van der Waals surface area contributed by atoms with Gasteiger partial charge in [0, 0.05) is 18.5 Å². The molecule has 34 heavy (non-hydrogen) atoms. The third kappa shape index (κ3) is 4.59. The highest BCUT2D eigenvalue weighted by atomic mass is 16.6. The van der Waals surface area contributed by atoms with Crippen LogP contribution in [0.25, 0.3) is 5.76 Å². The molecule has 8 heteroatoms. The summed E-state index contributed by atoms with van der Waals surface area (Å²) < 4.78 is 11.1. The third-order valence-corrected chi connectivity index (χ3v) is 6.47. The molecule has 2 heterocycles. The lowest BCUT2D eigenvalue weighted by Gasteiger charge is -2.28. The lowest BCUT2D eigenvalue weighted by Crippen LogP contribution is -3.11. The van der Waals surface area contributed by atoms with Crippen LogP contribution in [0.3, 0.4) is 0 Å². The Labute approximate surface area is 199 Å². The van der Waals surface area contributed by atoms with E-state index in [0.29, 0.717) is 43.2 Å². The fourth-order valence-corrected chi connectivity index (χ4v) is 4.55. The molecule has 1 amide bonds. The summed E-state index contributed by atoms with van der Waals surface area (Å²) in [5, 5.41) is 23.3. The molecule has 1 saturated heterocycles. The predicted octanol–water partition coefficient (Wildman–Crippen LogP) is 0.702. The molecule has 0 spiro atoms. The number of hydrogen-bond donors (Lipinski definition) is 2. The van der Waals surface area contributed by atoms with Crippen molar-refractivity contribution in [2.75, 3.05) is 39.4 Å². The fraction of sp³-hybridized carbons (Fsp3) is 0.385. The van der Waals surface area contributed by atoms with Crippen LogP contribution in [-0.4, -0.2) is 61.1 Å². The summed E-state index contributed by atoms with van der Waals surface area (Å²) in [5.41, 5.74) is 0.786. The van der Waals surface area contributed by atoms with E-state index in [1.165, 1.54) is 21.9 Å². The van der Waals surface area contributed by atoms with Crippen molar-refractivity contribution >= 4 is 17.4 Å². The lowest BCUT2D eigenvalue weighted by molar-refractivity contribution is -0.896. The Balaban J connectivity index is 1.72. The number of ketones is 1. The van der Waals surface area contributed by atoms with Gasteiger partial charge in [-0.1, -0.05) is 24.0 Å². The number of ether oxygens (including phenoxy) is 2. The zero-order chi connectivity index (χ0) is 24.2. The Morgan fingerprint density at radius 1 is 1.06 bits per heavy atom. The van der Waals surface area contributed by atoms with Gasteiger partial charge in [-0.15, -0.1) is 0 Å². The van der Waals surface area contributed by atoms with Crippen LogP contribution in [0.15, 0.2) is 48.0 Å². The SMILES string of the molecule is CC[NH+](CC)CCCN1C(=O)C(=O)/C(=C(/[O-])c2ccc3c(c2)OCCO3)C1c1ccc(O)cc1. The Hall–Kier alpha value is -3.52. The van der Waals surface area contributed by atoms with Crippen molar-refractivity contribution in [2.45, 2.75) is 26.3 Å². The Morgan fingerprint density at radius 3 is 2.41 bits per heavy atom. The molecule has 180 valence electrons. The summed E-state index contributed by atoms with van der Waals surface area (Å²) >= 11 is 0. The molecule has 1 fully saturated rings. The molecule has 0 aromatic heterocycles. The number of Topliss-reactive ketones (excluding diaryl/α,β-unsaturated/α-hetero) is 1. The summed E-state index contributed by atoms with van der Waals surface area (Å²) in [6.45, 7) is 8.20. The Kier molecular flexibility index (Phi) is 7.07. The van der Waals surface area contributed by atoms with Gasteiger partial charge in [-0.05, 0) is 49.2 Å². The highest BCUT2D eigenvalue weighted by molar-refractivity contribution is 6.46. The maximum Gasteiger partial charge on any atom is 0.295 e. The average molecular weight is 467 g/mol. The number of aromatic hydroxyl groups is 1. The van der Waals surface area contributed by atoms with Gasteiger partial charge >= 0.3 is 0 Å². The van der Waals surface area contributed by atoms with Gasteiger partial charge in [-0.3, -0.25) is 9.59 Å². The molecule has 2 aromatic rings. The number of carbonyl (C=O) groups excluding carboxylic acids is 2. The first kappa shape index (κ1) is 23.6. The number of likely N-dealkylation sites (tertiary alicyclic amines) is 1. The van der Waals surface area contributed by atoms with Gasteiger partial charge in [0.25, 0.3) is 5.91 Å². The lowest BCUT2D eigenvalue weighted by atomic mass is 9.95. The van der Waals surface area contributed by atoms with Crippen molar-refractivity contribution in [3.05, 3.63) is 59.2 Å². The molecule has 1 atom stereocenters. The summed E-state index contributed by atoms with van der Waals surface area (Å²) in [6.07, 6.45) is 0.704. The van der Waals surface area contributed by atoms with Gasteiger partial charge in [-0.2, -0.15) is 0 Å². The fourth-order valence-electron chi connectivity index (χ4n) is 4.55. The van der Waals surface area contributed by atoms with E-state index in [4.69, 9.17) is 9.47 Å². The maximum absolute atomic E-state index is 13.6. The van der Waals surface area contributed by atoms with E-state index >= 15 is 0 Å². The number of carbonyl (C=O) groups is 2. The number of phenols is 1. The van der Waals surface area contributed by atoms with E-state index in [2.05, 4.69) is 13.8 Å². The largest absolute Gasteiger partial charge is 0.872 e. The van der Waals surface area contributed by atoms with Crippen molar-refractivity contribution in [1.29, 1.82) is 0 Å². The van der Waals surface area contributed by atoms with Gasteiger partial charge in [0.05, 0.1) is 25.7 Å². The standard InChI is InChI=1S/C26H30N2O6/c1-3-27(4-2)12-5-13-28-23(17-6-9-19(29)10-7-17)22(25(31)26(28)32)24(30)18-8-11-20-21(16-18)34-15-14-33-20/h6-11,16,23,29-30H,3-5,12-15H2,1-2H3/b24-22+. The van der Waals surface area contributed by atoms with Gasteiger partial charge in [0.1, 0.15) is 19.0 Å². The molecule has 2 aliphatic rings. The first-order valence-corrected chi connectivity index (χ1v) is 11.7. The van der Waals surface area contributed by atoms with Crippen molar-refractivity contribution in [3.63, 3.8) is 0 Å². The van der Waals surface area contributed by atoms with E-state index in [1.54, 1.807) is 30.3 Å². The summed E-state index contributed by atoms with van der Waals surface area (Å²) in [5.74, 6) is -0.922. The van der Waals surface area contributed by atoms with Crippen LogP contribution in [-0.2, 0) is 9.59 Å². The Morgan fingerprint density at radius 2 is 1.74 bits per heavy atom. The molecule has 4 rings (SSSR count). The number of nitrogens with one attached hydrogen (secondary N) is 1. The van der Waals surface area contributed by atoms with Crippen molar-refractivity contribution in [2.24, 2.45) is 0 Å². The van der Waals surface area contributed by atoms with Crippen LogP contribution in [0, 0.1) is 0 Å². The summed E-state index contributed by atoms with van der Waals surface area (Å²) in [7, 11) is 0. The second-order valence-electron chi connectivity index (χ2n) is 8.48. The van der Waals surface area contributed by atoms with Gasteiger partial charge in [-0.25, -0.2) is 0 Å². The van der Waals surface area contributed by atoms with Crippen LogP contribution in [0.2, 0.25) is 0 Å². The number of rotatable bonds is 8. The van der Waals surface area contributed by atoms with Gasteiger partial charge in [0.2, 0.25) is 5.78 Å². The molecular formula is C26H30N2O6. The summed E-state index contributed by atoms with van der Waals surface area (Å²) in [6, 6.07) is 10.2. The first-order chi connectivity index (χ1) is 16.4. The molecule has 0 radical (unpaired) electrons. The monoisotopic (exact) mass is 466 g/mol. The van der Waals surface area contributed by atoms with E-state index in [9.17, 15) is 19.8 Å². The van der Waals surface area contributed by atoms with Crippen molar-refractivity contribution in [1.82, 2.24) is 4.90 Å². The van der Waals surface area contributed by atoms with E-state index in [1.807, 2.05) is 0 Å². The van der Waals surface area contributed by atoms with Crippen LogP contribution in [0.1, 0.15) is 37.4 Å². The highest BCUT2D eigenvalue weighted by Crippen LogP contribution is 2.40. The number of fused-ring (bicyclic) bond motifs is 1. The number of nitrogens with zero attached hydrogens (tertiary/aromatic N) is 1. The predicted molar refractivity (Wildman–Crippen MR) is 123 cm³/mol. The number of hydrogen-bond acceptors (Lipinski definition) is 6. The third-order valence-electron chi connectivity index (χ3n) is 6.47.